The zero-order valence-corrected chi connectivity index (χ0v) is 18.6. The topological polar surface area (TPSA) is 9.23 Å². The third-order valence-electron chi connectivity index (χ3n) is 7.56. The summed E-state index contributed by atoms with van der Waals surface area (Å²) >= 11 is 0. The Morgan fingerprint density at radius 2 is 1.23 bits per heavy atom. The highest BCUT2D eigenvalue weighted by atomic mass is 29.3. The molecule has 2 aliphatic carbocycles. The maximum absolute atomic E-state index is 15.2. The van der Waals surface area contributed by atoms with Crippen LogP contribution in [0.15, 0.2) is 0 Å². The molecular weight excluding hydrogens is 376 g/mol. The molecule has 0 aromatic rings. The summed E-state index contributed by atoms with van der Waals surface area (Å²) in [4.78, 5) is 0. The van der Waals surface area contributed by atoms with Gasteiger partial charge < -0.3 is 4.43 Å². The smallest absolute Gasteiger partial charge is 0.248 e. The van der Waals surface area contributed by atoms with E-state index in [1.54, 1.807) is 0 Å². The van der Waals surface area contributed by atoms with Crippen molar-refractivity contribution in [1.82, 2.24) is 0 Å². The van der Waals surface area contributed by atoms with Gasteiger partial charge in [-0.25, -0.2) is 17.6 Å². The van der Waals surface area contributed by atoms with E-state index in [2.05, 4.69) is 0 Å². The molecule has 2 atom stereocenters. The van der Waals surface area contributed by atoms with Crippen molar-refractivity contribution < 1.29 is 22.0 Å². The van der Waals surface area contributed by atoms with E-state index in [0.29, 0.717) is 38.1 Å². The first-order valence-corrected chi connectivity index (χ1v) is 16.6. The predicted octanol–water partition coefficient (Wildman–Crippen LogP) is 7.08. The number of rotatable bonds is 2. The van der Waals surface area contributed by atoms with Crippen molar-refractivity contribution in [3.05, 3.63) is 0 Å². The van der Waals surface area contributed by atoms with Crippen LogP contribution in [0.2, 0.25) is 30.2 Å². The fourth-order valence-electron chi connectivity index (χ4n) is 6.53. The van der Waals surface area contributed by atoms with Crippen LogP contribution in [-0.2, 0) is 4.43 Å². The Labute approximate surface area is 157 Å². The monoisotopic (exact) mass is 410 g/mol. The Morgan fingerprint density at radius 3 is 1.62 bits per heavy atom. The van der Waals surface area contributed by atoms with E-state index >= 15 is 17.6 Å². The normalized spacial score (nSPS) is 41.5. The summed E-state index contributed by atoms with van der Waals surface area (Å²) in [6, 6.07) is 0.597. The summed E-state index contributed by atoms with van der Waals surface area (Å²) in [5.74, 6) is -5.60. The van der Waals surface area contributed by atoms with Gasteiger partial charge in [-0.15, -0.1) is 0 Å². The summed E-state index contributed by atoms with van der Waals surface area (Å²) < 4.78 is 67.3. The minimum Gasteiger partial charge on any atom is -0.415 e. The van der Waals surface area contributed by atoms with Gasteiger partial charge in [-0.3, -0.25) is 0 Å². The Balaban J connectivity index is 2.13. The van der Waals surface area contributed by atoms with Crippen molar-refractivity contribution in [3.63, 3.8) is 0 Å². The van der Waals surface area contributed by atoms with Gasteiger partial charge in [0.1, 0.15) is 0 Å². The highest BCUT2D eigenvalue weighted by Gasteiger charge is 2.71. The second kappa shape index (κ2) is 6.58. The van der Waals surface area contributed by atoms with Crippen LogP contribution in [0.1, 0.15) is 71.6 Å². The molecule has 26 heavy (non-hydrogen) atoms. The van der Waals surface area contributed by atoms with E-state index < -0.39 is 38.4 Å². The Bertz CT molecular complexity index is 508. The van der Waals surface area contributed by atoms with Gasteiger partial charge in [0.25, 0.3) is 0 Å². The zero-order valence-electron chi connectivity index (χ0n) is 16.6. The van der Waals surface area contributed by atoms with E-state index in [0.717, 1.165) is 12.8 Å². The van der Waals surface area contributed by atoms with Gasteiger partial charge >= 0.3 is 0 Å². The highest BCUT2D eigenvalue weighted by molar-refractivity contribution is 7.40. The molecule has 0 radical (unpaired) electrons. The van der Waals surface area contributed by atoms with Crippen LogP contribution in [0.3, 0.4) is 0 Å². The first kappa shape index (κ1) is 20.8. The standard InChI is InChI=1S/C19H34F4OSi2/c1-17(2)13-14-26(25(3,4)24-17,15-9-5-7-11-18(15,20)21)16-10-6-8-12-19(16,22)23/h15-16H,5-14H2,1-4H3. The molecule has 1 aliphatic heterocycles. The molecule has 0 bridgehead atoms. The van der Waals surface area contributed by atoms with Crippen molar-refractivity contribution in [2.75, 3.05) is 0 Å². The minimum absolute atomic E-state index is 0.126. The Kier molecular flexibility index (Phi) is 5.27. The summed E-state index contributed by atoms with van der Waals surface area (Å²) in [5.41, 5.74) is -2.02. The van der Waals surface area contributed by atoms with E-state index in [1.807, 2.05) is 26.9 Å². The summed E-state index contributed by atoms with van der Waals surface area (Å²) in [6.07, 6.45) is 3.78. The summed E-state index contributed by atoms with van der Waals surface area (Å²) in [6.45, 7) is 7.99. The van der Waals surface area contributed by atoms with Crippen LogP contribution in [-0.4, -0.2) is 32.9 Å². The van der Waals surface area contributed by atoms with Crippen LogP contribution in [0.5, 0.6) is 0 Å². The maximum Gasteiger partial charge on any atom is 0.248 e. The molecule has 7 heteroatoms. The van der Waals surface area contributed by atoms with E-state index in [9.17, 15) is 0 Å². The molecule has 3 rings (SSSR count). The highest BCUT2D eigenvalue weighted by Crippen LogP contribution is 2.64. The average molecular weight is 411 g/mol. The van der Waals surface area contributed by atoms with E-state index in [-0.39, 0.29) is 18.4 Å². The fraction of sp³-hybridized carbons (Fsp3) is 1.00. The van der Waals surface area contributed by atoms with E-state index in [4.69, 9.17) is 4.43 Å². The molecule has 2 unspecified atom stereocenters. The quantitative estimate of drug-likeness (QED) is 0.349. The number of alkyl halides is 4. The van der Waals surface area contributed by atoms with Crippen LogP contribution in [0.25, 0.3) is 0 Å². The largest absolute Gasteiger partial charge is 0.415 e. The summed E-state index contributed by atoms with van der Waals surface area (Å²) in [7, 11) is -5.73. The lowest BCUT2D eigenvalue weighted by Crippen LogP contribution is -2.75. The van der Waals surface area contributed by atoms with Crippen LogP contribution in [0.4, 0.5) is 17.6 Å². The molecule has 2 saturated carbocycles. The van der Waals surface area contributed by atoms with Crippen molar-refractivity contribution >= 4 is 15.4 Å². The lowest BCUT2D eigenvalue weighted by atomic mass is 9.95. The van der Waals surface area contributed by atoms with Gasteiger partial charge in [0.15, 0.2) is 7.83 Å². The predicted molar refractivity (Wildman–Crippen MR) is 102 cm³/mol. The lowest BCUT2D eigenvalue weighted by molar-refractivity contribution is -0.0526. The van der Waals surface area contributed by atoms with Crippen LogP contribution < -0.4 is 0 Å². The molecule has 0 spiro atoms. The maximum atomic E-state index is 15.2. The lowest BCUT2D eigenvalue weighted by Gasteiger charge is -2.62. The van der Waals surface area contributed by atoms with Gasteiger partial charge in [0, 0.05) is 23.9 Å². The first-order chi connectivity index (χ1) is 11.8. The molecule has 152 valence electrons. The number of hydrogen-bond acceptors (Lipinski definition) is 1. The first-order valence-electron chi connectivity index (χ1n) is 10.3. The minimum atomic E-state index is -3.05. The van der Waals surface area contributed by atoms with Gasteiger partial charge in [-0.1, -0.05) is 18.9 Å². The molecule has 3 fully saturated rings. The molecule has 0 amide bonds. The van der Waals surface area contributed by atoms with Gasteiger partial charge in [-0.05, 0) is 59.0 Å². The van der Waals surface area contributed by atoms with Crippen molar-refractivity contribution in [1.29, 1.82) is 0 Å². The van der Waals surface area contributed by atoms with Crippen molar-refractivity contribution in [2.24, 2.45) is 0 Å². The number of halogens is 4. The molecule has 3 aliphatic rings. The van der Waals surface area contributed by atoms with Crippen LogP contribution in [0, 0.1) is 0 Å². The van der Waals surface area contributed by atoms with Crippen LogP contribution >= 0.6 is 0 Å². The number of hydrogen-bond donors (Lipinski definition) is 0. The SMILES string of the molecule is CC1(C)CC[Si](C2CCCCC2(F)F)(C2CCCCC2(F)F)[Si](C)(C)O1. The van der Waals surface area contributed by atoms with E-state index in [1.165, 1.54) is 0 Å². The Hall–Kier alpha value is 0.114. The molecule has 0 aromatic carbocycles. The van der Waals surface area contributed by atoms with Crippen molar-refractivity contribution in [3.8, 4) is 0 Å². The second-order valence-electron chi connectivity index (χ2n) is 10.0. The summed E-state index contributed by atoms with van der Waals surface area (Å²) in [5, 5.41) is 0. The molecular formula is C19H34F4OSi2. The second-order valence-corrected chi connectivity index (χ2v) is 23.6. The third kappa shape index (κ3) is 3.34. The molecule has 0 N–H and O–H groups in total. The van der Waals surface area contributed by atoms with Gasteiger partial charge in [-0.2, -0.15) is 0 Å². The Morgan fingerprint density at radius 1 is 0.769 bits per heavy atom. The van der Waals surface area contributed by atoms with Gasteiger partial charge in [0.2, 0.25) is 11.8 Å². The third-order valence-corrected chi connectivity index (χ3v) is 25.7. The van der Waals surface area contributed by atoms with Gasteiger partial charge in [0.05, 0.1) is 13.2 Å². The zero-order chi connectivity index (χ0) is 19.4. The van der Waals surface area contributed by atoms with Crippen molar-refractivity contribution in [2.45, 2.75) is 119 Å². The molecule has 1 heterocycles. The molecule has 0 aromatic heterocycles. The molecule has 1 nitrogen and oxygen atoms in total. The average Bonchev–Trinajstić information content (AvgIpc) is 2.47. The molecule has 1 saturated heterocycles. The fourth-order valence-corrected chi connectivity index (χ4v) is 26.7.